The van der Waals surface area contributed by atoms with E-state index in [0.717, 1.165) is 12.4 Å². The fraction of sp³-hybridized carbons (Fsp3) is 0.357. The molecule has 16 heavy (non-hydrogen) atoms. The summed E-state index contributed by atoms with van der Waals surface area (Å²) in [6, 6.07) is 6.13. The van der Waals surface area contributed by atoms with Gasteiger partial charge in [-0.05, 0) is 37.5 Å². The summed E-state index contributed by atoms with van der Waals surface area (Å²) in [6.07, 6.45) is 12.4. The van der Waals surface area contributed by atoms with Gasteiger partial charge in [-0.15, -0.1) is 0 Å². The van der Waals surface area contributed by atoms with Crippen LogP contribution in [0.1, 0.15) is 19.3 Å². The Morgan fingerprint density at radius 2 is 2.31 bits per heavy atom. The predicted molar refractivity (Wildman–Crippen MR) is 66.1 cm³/mol. The Balaban J connectivity index is 1.95. The summed E-state index contributed by atoms with van der Waals surface area (Å²) in [5.74, 6) is 1.80. The van der Waals surface area contributed by atoms with Crippen molar-refractivity contribution >= 4 is 5.82 Å². The van der Waals surface area contributed by atoms with Crippen LogP contribution >= 0.6 is 0 Å². The SMILES string of the molecule is C1=CCC2CCCN(c3ccccn3)C2=C1. The van der Waals surface area contributed by atoms with Gasteiger partial charge in [0.05, 0.1) is 0 Å². The highest BCUT2D eigenvalue weighted by Gasteiger charge is 2.26. The van der Waals surface area contributed by atoms with Crippen LogP contribution in [0.25, 0.3) is 0 Å². The second-order valence-corrected chi connectivity index (χ2v) is 4.43. The predicted octanol–water partition coefficient (Wildman–Crippen LogP) is 3.14. The van der Waals surface area contributed by atoms with Gasteiger partial charge in [0.1, 0.15) is 5.82 Å². The monoisotopic (exact) mass is 212 g/mol. The molecule has 3 rings (SSSR count). The summed E-state index contributed by atoms with van der Waals surface area (Å²) >= 11 is 0. The number of pyridine rings is 1. The summed E-state index contributed by atoms with van der Waals surface area (Å²) in [5.41, 5.74) is 1.45. The maximum atomic E-state index is 4.45. The lowest BCUT2D eigenvalue weighted by atomic mass is 9.88. The zero-order valence-corrected chi connectivity index (χ0v) is 9.34. The molecule has 1 aliphatic carbocycles. The molecule has 1 aromatic rings. The number of nitrogens with zero attached hydrogens (tertiary/aromatic N) is 2. The van der Waals surface area contributed by atoms with Gasteiger partial charge in [-0.1, -0.05) is 18.2 Å². The van der Waals surface area contributed by atoms with Gasteiger partial charge in [-0.2, -0.15) is 0 Å². The average Bonchev–Trinajstić information content (AvgIpc) is 2.39. The number of rotatable bonds is 1. The summed E-state index contributed by atoms with van der Waals surface area (Å²) in [5, 5.41) is 0. The van der Waals surface area contributed by atoms with E-state index in [1.807, 2.05) is 12.3 Å². The second-order valence-electron chi connectivity index (χ2n) is 4.43. The number of fused-ring (bicyclic) bond motifs is 1. The van der Waals surface area contributed by atoms with Crippen molar-refractivity contribution in [1.29, 1.82) is 0 Å². The van der Waals surface area contributed by atoms with Gasteiger partial charge in [0.25, 0.3) is 0 Å². The molecule has 1 unspecified atom stereocenters. The molecule has 0 N–H and O–H groups in total. The van der Waals surface area contributed by atoms with Gasteiger partial charge in [0.15, 0.2) is 0 Å². The van der Waals surface area contributed by atoms with Crippen LogP contribution in [0, 0.1) is 5.92 Å². The molecule has 2 heteroatoms. The van der Waals surface area contributed by atoms with Crippen LogP contribution in [-0.4, -0.2) is 11.5 Å². The van der Waals surface area contributed by atoms with E-state index in [2.05, 4.69) is 40.2 Å². The van der Waals surface area contributed by atoms with Gasteiger partial charge in [-0.25, -0.2) is 4.98 Å². The van der Waals surface area contributed by atoms with Crippen LogP contribution in [0.15, 0.2) is 48.3 Å². The van der Waals surface area contributed by atoms with Crippen molar-refractivity contribution in [2.45, 2.75) is 19.3 Å². The van der Waals surface area contributed by atoms with Crippen LogP contribution in [0.2, 0.25) is 0 Å². The number of piperidine rings is 1. The van der Waals surface area contributed by atoms with Crippen molar-refractivity contribution in [2.75, 3.05) is 11.4 Å². The van der Waals surface area contributed by atoms with Crippen LogP contribution in [0.4, 0.5) is 5.82 Å². The smallest absolute Gasteiger partial charge is 0.132 e. The molecule has 0 bridgehead atoms. The normalized spacial score (nSPS) is 23.9. The van der Waals surface area contributed by atoms with Crippen LogP contribution in [0.5, 0.6) is 0 Å². The van der Waals surface area contributed by atoms with E-state index in [4.69, 9.17) is 0 Å². The van der Waals surface area contributed by atoms with E-state index in [1.54, 1.807) is 0 Å². The molecule has 1 aliphatic heterocycles. The minimum Gasteiger partial charge on any atom is -0.330 e. The molecule has 0 radical (unpaired) electrons. The van der Waals surface area contributed by atoms with Crippen molar-refractivity contribution < 1.29 is 0 Å². The molecular formula is C14H16N2. The van der Waals surface area contributed by atoms with E-state index >= 15 is 0 Å². The zero-order valence-electron chi connectivity index (χ0n) is 9.34. The minimum absolute atomic E-state index is 0.709. The van der Waals surface area contributed by atoms with Crippen LogP contribution in [0.3, 0.4) is 0 Å². The molecule has 2 nitrogen and oxygen atoms in total. The van der Waals surface area contributed by atoms with Crippen LogP contribution in [-0.2, 0) is 0 Å². The summed E-state index contributed by atoms with van der Waals surface area (Å²) in [6.45, 7) is 1.10. The minimum atomic E-state index is 0.709. The number of anilines is 1. The quantitative estimate of drug-likeness (QED) is 0.711. The average molecular weight is 212 g/mol. The second kappa shape index (κ2) is 4.12. The molecular weight excluding hydrogens is 196 g/mol. The topological polar surface area (TPSA) is 16.1 Å². The first-order valence-corrected chi connectivity index (χ1v) is 6.00. The number of aromatic nitrogens is 1. The first-order chi connectivity index (χ1) is 7.95. The van der Waals surface area contributed by atoms with Crippen molar-refractivity contribution in [1.82, 2.24) is 4.98 Å². The van der Waals surface area contributed by atoms with Crippen LogP contribution < -0.4 is 4.90 Å². The summed E-state index contributed by atoms with van der Waals surface area (Å²) in [7, 11) is 0. The largest absolute Gasteiger partial charge is 0.330 e. The molecule has 1 fully saturated rings. The Labute approximate surface area is 96.3 Å². The number of hydrogen-bond donors (Lipinski definition) is 0. The Morgan fingerprint density at radius 3 is 3.19 bits per heavy atom. The fourth-order valence-electron chi connectivity index (χ4n) is 2.63. The van der Waals surface area contributed by atoms with E-state index in [1.165, 1.54) is 25.0 Å². The molecule has 0 spiro atoms. The lowest BCUT2D eigenvalue weighted by Crippen LogP contribution is -2.34. The molecule has 0 amide bonds. The first kappa shape index (κ1) is 9.64. The van der Waals surface area contributed by atoms with Gasteiger partial charge < -0.3 is 4.90 Å². The third-order valence-electron chi connectivity index (χ3n) is 3.41. The molecule has 1 aromatic heterocycles. The fourth-order valence-corrected chi connectivity index (χ4v) is 2.63. The highest BCUT2D eigenvalue weighted by Crippen LogP contribution is 2.34. The van der Waals surface area contributed by atoms with Gasteiger partial charge in [-0.3, -0.25) is 0 Å². The highest BCUT2D eigenvalue weighted by atomic mass is 15.2. The molecule has 2 heterocycles. The molecule has 1 atom stereocenters. The lowest BCUT2D eigenvalue weighted by Gasteiger charge is -2.37. The maximum absolute atomic E-state index is 4.45. The summed E-state index contributed by atoms with van der Waals surface area (Å²) < 4.78 is 0. The lowest BCUT2D eigenvalue weighted by molar-refractivity contribution is 0.474. The van der Waals surface area contributed by atoms with E-state index in [-0.39, 0.29) is 0 Å². The van der Waals surface area contributed by atoms with E-state index in [0.29, 0.717) is 5.92 Å². The molecule has 82 valence electrons. The molecule has 1 saturated heterocycles. The van der Waals surface area contributed by atoms with E-state index in [9.17, 15) is 0 Å². The Morgan fingerprint density at radius 1 is 1.31 bits per heavy atom. The number of allylic oxidation sites excluding steroid dienone is 4. The van der Waals surface area contributed by atoms with Crippen molar-refractivity contribution in [3.05, 3.63) is 48.3 Å². The zero-order chi connectivity index (χ0) is 10.8. The van der Waals surface area contributed by atoms with Gasteiger partial charge in [0, 0.05) is 24.4 Å². The number of hydrogen-bond acceptors (Lipinski definition) is 2. The summed E-state index contributed by atoms with van der Waals surface area (Å²) in [4.78, 5) is 6.83. The maximum Gasteiger partial charge on any atom is 0.132 e. The van der Waals surface area contributed by atoms with Crippen molar-refractivity contribution in [3.63, 3.8) is 0 Å². The third-order valence-corrected chi connectivity index (χ3v) is 3.41. The molecule has 0 saturated carbocycles. The molecule has 2 aliphatic rings. The van der Waals surface area contributed by atoms with E-state index < -0.39 is 0 Å². The van der Waals surface area contributed by atoms with Gasteiger partial charge in [0.2, 0.25) is 0 Å². The van der Waals surface area contributed by atoms with Crippen molar-refractivity contribution in [3.8, 4) is 0 Å². The Hall–Kier alpha value is -1.57. The first-order valence-electron chi connectivity index (χ1n) is 6.00. The molecule has 0 aromatic carbocycles. The Bertz CT molecular complexity index is 420. The third kappa shape index (κ3) is 1.64. The highest BCUT2D eigenvalue weighted by molar-refractivity contribution is 5.49. The Kier molecular flexibility index (Phi) is 2.49. The van der Waals surface area contributed by atoms with Gasteiger partial charge >= 0.3 is 0 Å². The standard InChI is InChI=1S/C14H16N2/c1-2-8-13-12(6-1)7-5-11-16(13)14-9-3-4-10-15-14/h1-4,8-10,12H,5-7,11H2. The van der Waals surface area contributed by atoms with Crippen molar-refractivity contribution in [2.24, 2.45) is 5.92 Å².